The molecule has 1 aliphatic rings. The summed E-state index contributed by atoms with van der Waals surface area (Å²) in [5.74, 6) is 0. The SMILES string of the molecule is c1ccc(Cc2c3c(cc4ccccc24)CCCC3)cc1. The van der Waals surface area contributed by atoms with Gasteiger partial charge in [0.2, 0.25) is 0 Å². The Balaban J connectivity index is 1.92. The van der Waals surface area contributed by atoms with Gasteiger partial charge >= 0.3 is 0 Å². The molecule has 21 heavy (non-hydrogen) atoms. The highest BCUT2D eigenvalue weighted by molar-refractivity contribution is 5.88. The van der Waals surface area contributed by atoms with Crippen molar-refractivity contribution in [1.82, 2.24) is 0 Å². The molecule has 0 fully saturated rings. The Morgan fingerprint density at radius 1 is 0.762 bits per heavy atom. The first-order valence-corrected chi connectivity index (χ1v) is 7.98. The quantitative estimate of drug-likeness (QED) is 0.593. The van der Waals surface area contributed by atoms with Gasteiger partial charge in [0.15, 0.2) is 0 Å². The molecule has 3 aromatic carbocycles. The van der Waals surface area contributed by atoms with Gasteiger partial charge in [0.25, 0.3) is 0 Å². The maximum atomic E-state index is 2.43. The fourth-order valence-corrected chi connectivity index (χ4v) is 3.68. The zero-order valence-electron chi connectivity index (χ0n) is 12.3. The van der Waals surface area contributed by atoms with Crippen molar-refractivity contribution in [3.05, 3.63) is 82.9 Å². The molecule has 0 N–H and O–H groups in total. The molecule has 0 saturated heterocycles. The zero-order chi connectivity index (χ0) is 14.1. The van der Waals surface area contributed by atoms with Gasteiger partial charge in [0.1, 0.15) is 0 Å². The molecule has 0 atom stereocenters. The summed E-state index contributed by atoms with van der Waals surface area (Å²) in [6.07, 6.45) is 6.25. The molecule has 0 unspecified atom stereocenters. The van der Waals surface area contributed by atoms with Crippen molar-refractivity contribution >= 4 is 10.8 Å². The lowest BCUT2D eigenvalue weighted by molar-refractivity contribution is 0.682. The number of rotatable bonds is 2. The molecule has 3 aromatic rings. The smallest absolute Gasteiger partial charge is 0.00168 e. The molecule has 104 valence electrons. The van der Waals surface area contributed by atoms with Gasteiger partial charge < -0.3 is 0 Å². The highest BCUT2D eigenvalue weighted by Gasteiger charge is 2.16. The second-order valence-electron chi connectivity index (χ2n) is 6.08. The Morgan fingerprint density at radius 3 is 2.43 bits per heavy atom. The van der Waals surface area contributed by atoms with Crippen LogP contribution < -0.4 is 0 Å². The molecule has 0 nitrogen and oxygen atoms in total. The molecule has 1 aliphatic carbocycles. The molecular weight excluding hydrogens is 252 g/mol. The fraction of sp³-hybridized carbons (Fsp3) is 0.238. The van der Waals surface area contributed by atoms with Crippen molar-refractivity contribution in [3.8, 4) is 0 Å². The first-order valence-electron chi connectivity index (χ1n) is 7.98. The molecule has 4 rings (SSSR count). The summed E-state index contributed by atoms with van der Waals surface area (Å²) in [6, 6.07) is 22.2. The summed E-state index contributed by atoms with van der Waals surface area (Å²) in [7, 11) is 0. The lowest BCUT2D eigenvalue weighted by atomic mass is 9.83. The average Bonchev–Trinajstić information content (AvgIpc) is 2.55. The van der Waals surface area contributed by atoms with Gasteiger partial charge in [-0.05, 0) is 65.1 Å². The molecule has 0 radical (unpaired) electrons. The number of aryl methyl sites for hydroxylation is 1. The molecule has 0 heterocycles. The third kappa shape index (κ3) is 2.35. The molecule has 0 aliphatic heterocycles. The molecule has 0 amide bonds. The Hall–Kier alpha value is -2.08. The highest BCUT2D eigenvalue weighted by atomic mass is 14.2. The minimum absolute atomic E-state index is 1.06. The van der Waals surface area contributed by atoms with Crippen molar-refractivity contribution in [2.75, 3.05) is 0 Å². The van der Waals surface area contributed by atoms with Gasteiger partial charge in [0.05, 0.1) is 0 Å². The van der Waals surface area contributed by atoms with Crippen molar-refractivity contribution in [3.63, 3.8) is 0 Å². The van der Waals surface area contributed by atoms with Crippen LogP contribution in [0.1, 0.15) is 35.1 Å². The first kappa shape index (κ1) is 12.6. The summed E-state index contributed by atoms with van der Waals surface area (Å²) in [5, 5.41) is 2.85. The second kappa shape index (κ2) is 5.37. The zero-order valence-corrected chi connectivity index (χ0v) is 12.3. The van der Waals surface area contributed by atoms with E-state index in [-0.39, 0.29) is 0 Å². The van der Waals surface area contributed by atoms with Crippen molar-refractivity contribution in [1.29, 1.82) is 0 Å². The maximum absolute atomic E-state index is 2.43. The predicted molar refractivity (Wildman–Crippen MR) is 89.8 cm³/mol. The van der Waals surface area contributed by atoms with E-state index in [1.165, 1.54) is 42.0 Å². The van der Waals surface area contributed by atoms with E-state index >= 15 is 0 Å². The average molecular weight is 272 g/mol. The van der Waals surface area contributed by atoms with Crippen LogP contribution in [-0.4, -0.2) is 0 Å². The topological polar surface area (TPSA) is 0 Å². The summed E-state index contributed by atoms with van der Waals surface area (Å²) < 4.78 is 0. The Kier molecular flexibility index (Phi) is 3.23. The lowest BCUT2D eigenvalue weighted by Crippen LogP contribution is -2.07. The van der Waals surface area contributed by atoms with Gasteiger partial charge in [-0.2, -0.15) is 0 Å². The highest BCUT2D eigenvalue weighted by Crippen LogP contribution is 2.32. The minimum atomic E-state index is 1.06. The standard InChI is InChI=1S/C21H20/c1-2-8-16(9-3-1)14-21-19-12-6-4-10-17(19)15-18-11-5-7-13-20(18)21/h1-4,6,8-10,12,15H,5,7,11,13-14H2. The minimum Gasteiger partial charge on any atom is -0.0622 e. The van der Waals surface area contributed by atoms with E-state index in [1.807, 2.05) is 0 Å². The predicted octanol–water partition coefficient (Wildman–Crippen LogP) is 5.31. The first-order chi connectivity index (χ1) is 10.4. The van der Waals surface area contributed by atoms with Gasteiger partial charge in [0, 0.05) is 0 Å². The summed E-state index contributed by atoms with van der Waals surface area (Å²) in [4.78, 5) is 0. The van der Waals surface area contributed by atoms with E-state index in [9.17, 15) is 0 Å². The van der Waals surface area contributed by atoms with Crippen molar-refractivity contribution in [2.45, 2.75) is 32.1 Å². The Morgan fingerprint density at radius 2 is 1.52 bits per heavy atom. The number of hydrogen-bond acceptors (Lipinski definition) is 0. The van der Waals surface area contributed by atoms with Crippen LogP contribution in [-0.2, 0) is 19.3 Å². The van der Waals surface area contributed by atoms with Crippen LogP contribution >= 0.6 is 0 Å². The van der Waals surface area contributed by atoms with Crippen LogP contribution in [0.25, 0.3) is 10.8 Å². The molecule has 0 bridgehead atoms. The van der Waals surface area contributed by atoms with Crippen LogP contribution in [0.15, 0.2) is 60.7 Å². The van der Waals surface area contributed by atoms with E-state index in [0.717, 1.165) is 6.42 Å². The van der Waals surface area contributed by atoms with E-state index in [2.05, 4.69) is 60.7 Å². The number of benzene rings is 3. The van der Waals surface area contributed by atoms with Gasteiger partial charge in [-0.3, -0.25) is 0 Å². The third-order valence-corrected chi connectivity index (χ3v) is 4.71. The number of fused-ring (bicyclic) bond motifs is 2. The van der Waals surface area contributed by atoms with Crippen LogP contribution in [0.3, 0.4) is 0 Å². The van der Waals surface area contributed by atoms with E-state index in [0.29, 0.717) is 0 Å². The summed E-state index contributed by atoms with van der Waals surface area (Å²) >= 11 is 0. The molecular formula is C21H20. The largest absolute Gasteiger partial charge is 0.0622 e. The van der Waals surface area contributed by atoms with Crippen LogP contribution in [0.4, 0.5) is 0 Å². The second-order valence-corrected chi connectivity index (χ2v) is 6.08. The molecule has 0 saturated carbocycles. The van der Waals surface area contributed by atoms with Crippen LogP contribution in [0.2, 0.25) is 0 Å². The molecule has 0 aromatic heterocycles. The monoisotopic (exact) mass is 272 g/mol. The van der Waals surface area contributed by atoms with Crippen molar-refractivity contribution < 1.29 is 0 Å². The summed E-state index contributed by atoms with van der Waals surface area (Å²) in [5.41, 5.74) is 6.20. The van der Waals surface area contributed by atoms with Crippen molar-refractivity contribution in [2.24, 2.45) is 0 Å². The lowest BCUT2D eigenvalue weighted by Gasteiger charge is -2.22. The summed E-state index contributed by atoms with van der Waals surface area (Å²) in [6.45, 7) is 0. The van der Waals surface area contributed by atoms with E-state index in [4.69, 9.17) is 0 Å². The van der Waals surface area contributed by atoms with Gasteiger partial charge in [-0.1, -0.05) is 60.7 Å². The normalized spacial score (nSPS) is 14.1. The van der Waals surface area contributed by atoms with Crippen LogP contribution in [0.5, 0.6) is 0 Å². The van der Waals surface area contributed by atoms with E-state index in [1.54, 1.807) is 16.7 Å². The maximum Gasteiger partial charge on any atom is -0.00168 e. The van der Waals surface area contributed by atoms with E-state index < -0.39 is 0 Å². The Bertz CT molecular complexity index is 769. The van der Waals surface area contributed by atoms with Crippen LogP contribution in [0, 0.1) is 0 Å². The van der Waals surface area contributed by atoms with Gasteiger partial charge in [-0.25, -0.2) is 0 Å². The number of hydrogen-bond donors (Lipinski definition) is 0. The molecule has 0 spiro atoms. The van der Waals surface area contributed by atoms with Gasteiger partial charge in [-0.15, -0.1) is 0 Å². The Labute approximate surface area is 126 Å². The molecule has 0 heteroatoms. The third-order valence-electron chi connectivity index (χ3n) is 4.71. The fourth-order valence-electron chi connectivity index (χ4n) is 3.68.